The lowest BCUT2D eigenvalue weighted by atomic mass is 10.4. The van der Waals surface area contributed by atoms with Crippen LogP contribution in [0.4, 0.5) is 13.2 Å². The molecule has 0 radical (unpaired) electrons. The van der Waals surface area contributed by atoms with Gasteiger partial charge in [-0.2, -0.15) is 13.2 Å². The quantitative estimate of drug-likeness (QED) is 0.610. The van der Waals surface area contributed by atoms with Crippen molar-refractivity contribution in [3.8, 4) is 0 Å². The van der Waals surface area contributed by atoms with Crippen LogP contribution in [0.15, 0.2) is 0 Å². The topological polar surface area (TPSA) is 21.7 Å². The summed E-state index contributed by atoms with van der Waals surface area (Å²) in [6, 6.07) is 0. The minimum Gasteiger partial charge on any atom is -0.352 e. The van der Waals surface area contributed by atoms with E-state index in [0.717, 1.165) is 0 Å². The predicted molar refractivity (Wildman–Crippen MR) is 55.2 cm³/mol. The van der Waals surface area contributed by atoms with E-state index in [1.807, 2.05) is 0 Å². The first-order valence-corrected chi connectivity index (χ1v) is 5.45. The van der Waals surface area contributed by atoms with Crippen molar-refractivity contribution in [1.29, 1.82) is 0 Å². The molecule has 0 aliphatic carbocycles. The van der Waals surface area contributed by atoms with E-state index in [9.17, 15) is 13.2 Å². The molecule has 0 aromatic carbocycles. The number of hydrogen-bond donors (Lipinski definition) is 0. The van der Waals surface area contributed by atoms with Crippen LogP contribution in [0.2, 0.25) is 0 Å². The van der Waals surface area contributed by atoms with Gasteiger partial charge in [-0.25, -0.2) is 0 Å². The lowest BCUT2D eigenvalue weighted by molar-refractivity contribution is -0.174. The van der Waals surface area contributed by atoms with Gasteiger partial charge >= 0.3 is 6.18 Å². The summed E-state index contributed by atoms with van der Waals surface area (Å²) >= 11 is 0. The zero-order chi connectivity index (χ0) is 12.6. The van der Waals surface area contributed by atoms with Crippen molar-refractivity contribution < 1.29 is 22.6 Å². The molecule has 0 amide bonds. The monoisotopic (exact) mass is 243 g/mol. The van der Waals surface area contributed by atoms with Crippen LogP contribution in [-0.2, 0) is 9.47 Å². The summed E-state index contributed by atoms with van der Waals surface area (Å²) in [5, 5.41) is 0. The van der Waals surface area contributed by atoms with Crippen LogP contribution >= 0.6 is 0 Å². The number of ether oxygens (including phenoxy) is 2. The van der Waals surface area contributed by atoms with Crippen molar-refractivity contribution in [2.24, 2.45) is 0 Å². The third-order valence-corrected chi connectivity index (χ3v) is 1.96. The summed E-state index contributed by atoms with van der Waals surface area (Å²) in [5.41, 5.74) is 0. The Bertz CT molecular complexity index is 170. The minimum absolute atomic E-state index is 0.137. The van der Waals surface area contributed by atoms with Crippen LogP contribution in [-0.4, -0.2) is 50.2 Å². The van der Waals surface area contributed by atoms with Gasteiger partial charge in [0.25, 0.3) is 0 Å². The molecule has 16 heavy (non-hydrogen) atoms. The Morgan fingerprint density at radius 1 is 1.06 bits per heavy atom. The zero-order valence-corrected chi connectivity index (χ0v) is 10.0. The average molecular weight is 243 g/mol. The molecule has 0 aromatic heterocycles. The molecular formula is C10H20F3NO2. The van der Waals surface area contributed by atoms with E-state index in [1.165, 1.54) is 4.90 Å². The van der Waals surface area contributed by atoms with Crippen LogP contribution in [0.5, 0.6) is 0 Å². The molecule has 98 valence electrons. The van der Waals surface area contributed by atoms with Crippen molar-refractivity contribution in [2.45, 2.75) is 33.2 Å². The minimum atomic E-state index is -4.18. The van der Waals surface area contributed by atoms with Gasteiger partial charge in [-0.05, 0) is 20.4 Å². The number of nitrogens with zero attached hydrogens (tertiary/aromatic N) is 1. The molecule has 0 rings (SSSR count). The number of alkyl halides is 3. The van der Waals surface area contributed by atoms with Gasteiger partial charge in [0, 0.05) is 19.8 Å². The lowest BCUT2D eigenvalue weighted by Gasteiger charge is -2.26. The summed E-state index contributed by atoms with van der Waals surface area (Å²) in [6.07, 6.45) is -4.77. The number of hydrogen-bond acceptors (Lipinski definition) is 3. The summed E-state index contributed by atoms with van der Waals surface area (Å²) in [6.45, 7) is 5.62. The standard InChI is InChI=1S/C10H20F3NO2/c1-4-14(8-10(11,12)13)7-9(15-5-2)16-6-3/h9H,4-8H2,1-3H3. The average Bonchev–Trinajstić information content (AvgIpc) is 2.15. The van der Waals surface area contributed by atoms with E-state index in [0.29, 0.717) is 19.8 Å². The molecule has 0 aliphatic rings. The number of rotatable bonds is 8. The summed E-state index contributed by atoms with van der Waals surface area (Å²) in [5.74, 6) is 0. The molecule has 0 aromatic rings. The first kappa shape index (κ1) is 15.7. The second kappa shape index (κ2) is 7.86. The van der Waals surface area contributed by atoms with Crippen LogP contribution < -0.4 is 0 Å². The van der Waals surface area contributed by atoms with E-state index in [1.54, 1.807) is 20.8 Å². The van der Waals surface area contributed by atoms with Gasteiger partial charge in [0.15, 0.2) is 6.29 Å². The predicted octanol–water partition coefficient (Wildman–Crippen LogP) is 2.27. The maximum absolute atomic E-state index is 12.2. The van der Waals surface area contributed by atoms with Crippen LogP contribution in [0, 0.1) is 0 Å². The molecule has 0 unspecified atom stereocenters. The molecule has 0 saturated carbocycles. The van der Waals surface area contributed by atoms with E-state index in [2.05, 4.69) is 0 Å². The van der Waals surface area contributed by atoms with Crippen LogP contribution in [0.25, 0.3) is 0 Å². The van der Waals surface area contributed by atoms with Gasteiger partial charge in [-0.15, -0.1) is 0 Å². The number of likely N-dealkylation sites (N-methyl/N-ethyl adjacent to an activating group) is 1. The SMILES string of the molecule is CCOC(CN(CC)CC(F)(F)F)OCC. The zero-order valence-electron chi connectivity index (χ0n) is 10.0. The van der Waals surface area contributed by atoms with Gasteiger partial charge in [-0.1, -0.05) is 6.92 Å². The third kappa shape index (κ3) is 7.90. The molecule has 6 heteroatoms. The smallest absolute Gasteiger partial charge is 0.352 e. The van der Waals surface area contributed by atoms with Gasteiger partial charge in [0.2, 0.25) is 0 Å². The summed E-state index contributed by atoms with van der Waals surface area (Å²) < 4.78 is 47.0. The highest BCUT2D eigenvalue weighted by Crippen LogP contribution is 2.16. The Kier molecular flexibility index (Phi) is 7.70. The lowest BCUT2D eigenvalue weighted by Crippen LogP contribution is -2.41. The third-order valence-electron chi connectivity index (χ3n) is 1.96. The Morgan fingerprint density at radius 2 is 1.56 bits per heavy atom. The molecule has 0 aliphatic heterocycles. The van der Waals surface area contributed by atoms with Crippen molar-refractivity contribution in [1.82, 2.24) is 4.90 Å². The first-order chi connectivity index (χ1) is 7.42. The second-order valence-corrected chi connectivity index (χ2v) is 3.28. The fourth-order valence-electron chi connectivity index (χ4n) is 1.30. The van der Waals surface area contributed by atoms with Gasteiger partial charge in [0.05, 0.1) is 6.54 Å². The molecule has 0 N–H and O–H groups in total. The first-order valence-electron chi connectivity index (χ1n) is 5.45. The Balaban J connectivity index is 4.14. The Labute approximate surface area is 94.5 Å². The summed E-state index contributed by atoms with van der Waals surface area (Å²) in [4.78, 5) is 1.26. The molecular weight excluding hydrogens is 223 g/mol. The van der Waals surface area contributed by atoms with E-state index < -0.39 is 19.0 Å². The van der Waals surface area contributed by atoms with Crippen molar-refractivity contribution in [2.75, 3.05) is 32.8 Å². The maximum Gasteiger partial charge on any atom is 0.401 e. The normalized spacial score (nSPS) is 12.8. The molecule has 0 heterocycles. The fraction of sp³-hybridized carbons (Fsp3) is 1.00. The van der Waals surface area contributed by atoms with E-state index >= 15 is 0 Å². The second-order valence-electron chi connectivity index (χ2n) is 3.28. The Hall–Kier alpha value is -0.330. The fourth-order valence-corrected chi connectivity index (χ4v) is 1.30. The van der Waals surface area contributed by atoms with E-state index in [-0.39, 0.29) is 6.54 Å². The highest BCUT2D eigenvalue weighted by Gasteiger charge is 2.31. The largest absolute Gasteiger partial charge is 0.401 e. The van der Waals surface area contributed by atoms with Crippen LogP contribution in [0.3, 0.4) is 0 Å². The summed E-state index contributed by atoms with van der Waals surface area (Å²) in [7, 11) is 0. The van der Waals surface area contributed by atoms with Crippen LogP contribution in [0.1, 0.15) is 20.8 Å². The van der Waals surface area contributed by atoms with Crippen molar-refractivity contribution >= 4 is 0 Å². The molecule has 0 fully saturated rings. The molecule has 0 atom stereocenters. The Morgan fingerprint density at radius 3 is 1.88 bits per heavy atom. The van der Waals surface area contributed by atoms with Gasteiger partial charge in [0.1, 0.15) is 0 Å². The van der Waals surface area contributed by atoms with Crippen molar-refractivity contribution in [3.05, 3.63) is 0 Å². The van der Waals surface area contributed by atoms with Gasteiger partial charge < -0.3 is 9.47 Å². The van der Waals surface area contributed by atoms with Crippen molar-refractivity contribution in [3.63, 3.8) is 0 Å². The maximum atomic E-state index is 12.2. The molecule has 3 nitrogen and oxygen atoms in total. The highest BCUT2D eigenvalue weighted by atomic mass is 19.4. The highest BCUT2D eigenvalue weighted by molar-refractivity contribution is 4.63. The van der Waals surface area contributed by atoms with Gasteiger partial charge in [-0.3, -0.25) is 4.90 Å². The molecule has 0 spiro atoms. The van der Waals surface area contributed by atoms with E-state index in [4.69, 9.17) is 9.47 Å². The molecule has 0 saturated heterocycles. The molecule has 0 bridgehead atoms. The number of halogens is 3.